The van der Waals surface area contributed by atoms with Gasteiger partial charge in [0.2, 0.25) is 0 Å². The normalized spacial score (nSPS) is 12.5. The number of rotatable bonds is 6. The third-order valence-corrected chi connectivity index (χ3v) is 9.64. The molecule has 0 saturated heterocycles. The van der Waals surface area contributed by atoms with Crippen LogP contribution < -0.4 is 9.97 Å². The molecule has 0 fully saturated rings. The largest absolute Gasteiger partial charge is 2.00 e. The van der Waals surface area contributed by atoms with E-state index in [0.29, 0.717) is 80.2 Å². The minimum Gasteiger partial charge on any atom is -0.360 e. The fourth-order valence-corrected chi connectivity index (χ4v) is 6.64. The molecule has 8 aromatic heterocycles. The molecule has 0 radical (unpaired) electrons. The van der Waals surface area contributed by atoms with Crippen LogP contribution in [0.1, 0.15) is 123 Å². The summed E-state index contributed by atoms with van der Waals surface area (Å²) in [6, 6.07) is 13.3. The maximum absolute atomic E-state index is 9.97. The first-order chi connectivity index (χ1) is 30.0. The Labute approximate surface area is 387 Å². The second-order valence-corrected chi connectivity index (χ2v) is 19.2. The Morgan fingerprint density at radius 3 is 1.37 bits per heavy atom. The van der Waals surface area contributed by atoms with E-state index in [2.05, 4.69) is 76.8 Å². The standard InChI is InChI=1S/2C22H25N10.Fe/c1-13-25-19-16(18(22(5,6)7)30-32(19)28-13)26-27-20-15(23-8)17(21(2,3)4)29-31(20)14-11-9-10-12-24-14;1-13-25-20-16(18(22(5,6)7)30-32(20)28-13)26-27-19-14(12-23)17(21(2,3)4)29-31(19)15-10-8-9-11-24-15;/h9-12H,1-7H3;8-11H,1-7H3;/q2*-1;+2. The Bertz CT molecular complexity index is 2920. The fourth-order valence-electron chi connectivity index (χ4n) is 6.64. The maximum Gasteiger partial charge on any atom is 2.00 e. The third-order valence-electron chi connectivity index (χ3n) is 9.64. The van der Waals surface area contributed by atoms with Gasteiger partial charge in [-0.2, -0.15) is 20.1 Å². The summed E-state index contributed by atoms with van der Waals surface area (Å²) in [7, 11) is 0. The molecule has 0 amide bonds. The molecule has 8 aromatic rings. The Kier molecular flexibility index (Phi) is 12.6. The van der Waals surface area contributed by atoms with Gasteiger partial charge in [-0.15, -0.1) is 20.5 Å². The second kappa shape index (κ2) is 17.4. The van der Waals surface area contributed by atoms with Crippen molar-refractivity contribution in [3.8, 4) is 17.7 Å². The predicted molar refractivity (Wildman–Crippen MR) is 239 cm³/mol. The Morgan fingerprint density at radius 1 is 0.569 bits per heavy atom. The summed E-state index contributed by atoms with van der Waals surface area (Å²) in [4.78, 5) is 21.5. The van der Waals surface area contributed by atoms with E-state index in [0.717, 1.165) is 11.4 Å². The summed E-state index contributed by atoms with van der Waals surface area (Å²) in [6.45, 7) is 35.7. The molecule has 65 heavy (non-hydrogen) atoms. The average molecular weight is 915 g/mol. The molecule has 8 rings (SSSR count). The smallest absolute Gasteiger partial charge is 0.360 e. The van der Waals surface area contributed by atoms with Crippen molar-refractivity contribution in [1.29, 1.82) is 5.26 Å². The first-order valence-corrected chi connectivity index (χ1v) is 20.5. The van der Waals surface area contributed by atoms with Gasteiger partial charge in [0.05, 0.1) is 40.6 Å². The molecule has 0 saturated carbocycles. The van der Waals surface area contributed by atoms with Crippen molar-refractivity contribution in [3.63, 3.8) is 0 Å². The third kappa shape index (κ3) is 9.38. The maximum atomic E-state index is 9.97. The summed E-state index contributed by atoms with van der Waals surface area (Å²) in [5, 5.41) is 55.2. The Hall–Kier alpha value is -7.22. The van der Waals surface area contributed by atoms with Crippen LogP contribution in [0, 0.1) is 31.8 Å². The minimum absolute atomic E-state index is 0. The first kappa shape index (κ1) is 47.3. The molecule has 8 heterocycles. The number of hydrogen-bond donors (Lipinski definition) is 0. The van der Waals surface area contributed by atoms with Gasteiger partial charge in [0.1, 0.15) is 23.0 Å². The van der Waals surface area contributed by atoms with E-state index in [1.165, 1.54) is 9.26 Å². The number of hydrogen-bond acceptors (Lipinski definition) is 13. The van der Waals surface area contributed by atoms with Crippen molar-refractivity contribution < 1.29 is 17.1 Å². The molecular formula is C44H50FeN20. The molecule has 0 aliphatic heterocycles. The van der Waals surface area contributed by atoms with Gasteiger partial charge in [-0.05, 0) is 55.2 Å². The summed E-state index contributed by atoms with van der Waals surface area (Å²) in [5.41, 5.74) is 4.16. The van der Waals surface area contributed by atoms with E-state index < -0.39 is 0 Å². The van der Waals surface area contributed by atoms with Crippen molar-refractivity contribution in [3.05, 3.63) is 100 Å². The average Bonchev–Trinajstić information content (AvgIpc) is 4.06. The van der Waals surface area contributed by atoms with Crippen LogP contribution in [0.4, 0.5) is 28.7 Å². The molecule has 0 bridgehead atoms. The molecule has 0 unspecified atom stereocenters. The summed E-state index contributed by atoms with van der Waals surface area (Å²) >= 11 is 0. The zero-order chi connectivity index (χ0) is 46.5. The molecular weight excluding hydrogens is 864 g/mol. The van der Waals surface area contributed by atoms with Gasteiger partial charge < -0.3 is 20.2 Å². The minimum atomic E-state index is -0.370. The molecule has 0 spiro atoms. The van der Waals surface area contributed by atoms with Crippen LogP contribution >= 0.6 is 0 Å². The van der Waals surface area contributed by atoms with Crippen LogP contribution in [0.2, 0.25) is 0 Å². The van der Waals surface area contributed by atoms with E-state index >= 15 is 0 Å². The van der Waals surface area contributed by atoms with Gasteiger partial charge in [0.15, 0.2) is 23.3 Å². The summed E-state index contributed by atoms with van der Waals surface area (Å²) in [5.74, 6) is 2.93. The molecule has 0 aliphatic rings. The molecule has 334 valence electrons. The van der Waals surface area contributed by atoms with Crippen molar-refractivity contribution in [1.82, 2.24) is 69.2 Å². The van der Waals surface area contributed by atoms with E-state index in [-0.39, 0.29) is 38.7 Å². The zero-order valence-electron chi connectivity index (χ0n) is 38.9. The molecule has 21 heteroatoms. The molecule has 0 aliphatic carbocycles. The van der Waals surface area contributed by atoms with Gasteiger partial charge >= 0.3 is 17.1 Å². The van der Waals surface area contributed by atoms with Gasteiger partial charge in [0, 0.05) is 28.6 Å². The summed E-state index contributed by atoms with van der Waals surface area (Å²) < 4.78 is 6.08. The van der Waals surface area contributed by atoms with Gasteiger partial charge in [-0.25, -0.2) is 29.7 Å². The number of azo groups is 2. The number of nitrogens with zero attached hydrogens (tertiary/aromatic N) is 20. The van der Waals surface area contributed by atoms with Gasteiger partial charge in [0.25, 0.3) is 5.69 Å². The number of pyridine rings is 2. The first-order valence-electron chi connectivity index (χ1n) is 20.5. The zero-order valence-corrected chi connectivity index (χ0v) is 40.0. The Balaban J connectivity index is 0.000000212. The van der Waals surface area contributed by atoms with Crippen LogP contribution in [0.3, 0.4) is 0 Å². The SMILES string of the molecule is Cc1nn2nc(C(C)(C)C)c(N=Nc3c(C#N)c(C(C)(C)C)nn3-c3ccccn3)c2[n-]1.[C-]#[N+]c1c(C(C)(C)C)nn(-c2ccccn2)c1N=Nc1c(C(C)(C)C)nn2nc(C)[n-]c12.[Fe+2]. The fraction of sp³-hybridized carbons (Fsp3) is 0.409. The molecule has 20 nitrogen and oxygen atoms in total. The van der Waals surface area contributed by atoms with Crippen LogP contribution in [-0.2, 0) is 38.7 Å². The van der Waals surface area contributed by atoms with Crippen LogP contribution in [0.5, 0.6) is 0 Å². The number of fused-ring (bicyclic) bond motifs is 2. The molecule has 0 atom stereocenters. The topological polar surface area (TPSA) is 228 Å². The van der Waals surface area contributed by atoms with Crippen molar-refractivity contribution in [2.45, 2.75) is 119 Å². The number of aryl methyl sites for hydroxylation is 2. The quantitative estimate of drug-likeness (QED) is 0.0866. The van der Waals surface area contributed by atoms with E-state index in [1.54, 1.807) is 35.6 Å². The van der Waals surface area contributed by atoms with Gasteiger partial charge in [-0.3, -0.25) is 9.26 Å². The number of aromatic nitrogens is 14. The van der Waals surface area contributed by atoms with E-state index in [9.17, 15) is 5.26 Å². The van der Waals surface area contributed by atoms with Crippen LogP contribution in [0.15, 0.2) is 69.2 Å². The predicted octanol–water partition coefficient (Wildman–Crippen LogP) is 9.59. The van der Waals surface area contributed by atoms with Crippen LogP contribution in [-0.4, -0.2) is 59.2 Å². The van der Waals surface area contributed by atoms with Gasteiger partial charge in [-0.1, -0.05) is 95.2 Å². The van der Waals surface area contributed by atoms with Crippen molar-refractivity contribution >= 4 is 40.0 Å². The molecule has 0 aromatic carbocycles. The molecule has 0 N–H and O–H groups in total. The van der Waals surface area contributed by atoms with E-state index in [4.69, 9.17) is 11.7 Å². The monoisotopic (exact) mass is 914 g/mol. The second-order valence-electron chi connectivity index (χ2n) is 19.2. The van der Waals surface area contributed by atoms with E-state index in [1.807, 2.05) is 119 Å². The van der Waals surface area contributed by atoms with Crippen molar-refractivity contribution in [2.24, 2.45) is 20.5 Å². The summed E-state index contributed by atoms with van der Waals surface area (Å²) in [6.07, 6.45) is 3.34. The van der Waals surface area contributed by atoms with Crippen molar-refractivity contribution in [2.75, 3.05) is 0 Å². The number of nitriles is 1. The Morgan fingerprint density at radius 2 is 0.985 bits per heavy atom. The van der Waals surface area contributed by atoms with Crippen LogP contribution in [0.25, 0.3) is 27.8 Å².